The maximum absolute atomic E-state index is 12.9. The Bertz CT molecular complexity index is 969. The van der Waals surface area contributed by atoms with Gasteiger partial charge in [-0.05, 0) is 76.4 Å². The maximum Gasteiger partial charge on any atom is 0.253 e. The van der Waals surface area contributed by atoms with Gasteiger partial charge in [0.25, 0.3) is 5.56 Å². The second-order valence-corrected chi connectivity index (χ2v) is 9.32. The molecular weight excluding hydrogens is 422 g/mol. The number of fused-ring (bicyclic) bond motifs is 1. The molecule has 0 unspecified atom stereocenters. The Labute approximate surface area is 196 Å². The summed E-state index contributed by atoms with van der Waals surface area (Å²) in [6, 6.07) is 6.21. The van der Waals surface area contributed by atoms with Gasteiger partial charge in [-0.1, -0.05) is 6.07 Å². The zero-order chi connectivity index (χ0) is 23.1. The molecule has 176 valence electrons. The van der Waals surface area contributed by atoms with Crippen LogP contribution in [0.3, 0.4) is 0 Å². The number of aromatic amines is 1. The van der Waals surface area contributed by atoms with Crippen molar-refractivity contribution in [3.05, 3.63) is 45.2 Å². The van der Waals surface area contributed by atoms with Gasteiger partial charge in [0.1, 0.15) is 0 Å². The summed E-state index contributed by atoms with van der Waals surface area (Å²) in [5.74, 6) is 0. The van der Waals surface area contributed by atoms with Gasteiger partial charge in [-0.3, -0.25) is 9.69 Å². The normalized spacial score (nSPS) is 14.8. The molecule has 0 bridgehead atoms. The molecule has 1 aromatic heterocycles. The first kappa shape index (κ1) is 24.6. The molecule has 2 aromatic rings. The van der Waals surface area contributed by atoms with Crippen molar-refractivity contribution in [3.63, 3.8) is 0 Å². The first-order chi connectivity index (χ1) is 15.3. The third-order valence-electron chi connectivity index (χ3n) is 5.89. The Balaban J connectivity index is 1.75. The summed E-state index contributed by atoms with van der Waals surface area (Å²) in [5, 5.41) is 5.19. The average Bonchev–Trinajstić information content (AvgIpc) is 2.75. The van der Waals surface area contributed by atoms with Crippen LogP contribution in [0.25, 0.3) is 10.9 Å². The number of pyridine rings is 1. The predicted octanol–water partition coefficient (Wildman–Crippen LogP) is 2.11. The fraction of sp³-hybridized carbons (Fsp3) is 0.583. The number of benzene rings is 1. The Morgan fingerprint density at radius 3 is 2.66 bits per heavy atom. The summed E-state index contributed by atoms with van der Waals surface area (Å²) in [6.07, 6.45) is 1.01. The van der Waals surface area contributed by atoms with Crippen molar-refractivity contribution in [3.8, 4) is 0 Å². The molecule has 2 N–H and O–H groups in total. The highest BCUT2D eigenvalue weighted by molar-refractivity contribution is 7.80. The van der Waals surface area contributed by atoms with E-state index in [1.54, 1.807) is 0 Å². The van der Waals surface area contributed by atoms with Crippen LogP contribution in [0.15, 0.2) is 23.0 Å². The summed E-state index contributed by atoms with van der Waals surface area (Å²) >= 11 is 5.75. The van der Waals surface area contributed by atoms with E-state index in [9.17, 15) is 4.79 Å². The van der Waals surface area contributed by atoms with Gasteiger partial charge < -0.3 is 24.8 Å². The lowest BCUT2D eigenvalue weighted by atomic mass is 10.0. The van der Waals surface area contributed by atoms with Crippen molar-refractivity contribution in [2.75, 3.05) is 66.6 Å². The summed E-state index contributed by atoms with van der Waals surface area (Å²) in [4.78, 5) is 22.6. The van der Waals surface area contributed by atoms with Crippen LogP contribution in [0.5, 0.6) is 0 Å². The molecule has 1 aliphatic rings. The molecule has 0 spiro atoms. The lowest BCUT2D eigenvalue weighted by Crippen LogP contribution is -2.46. The molecule has 3 rings (SSSR count). The van der Waals surface area contributed by atoms with Gasteiger partial charge >= 0.3 is 0 Å². The van der Waals surface area contributed by atoms with Crippen LogP contribution >= 0.6 is 12.2 Å². The minimum absolute atomic E-state index is 0.0470. The van der Waals surface area contributed by atoms with Crippen LogP contribution in [-0.4, -0.2) is 91.4 Å². The Morgan fingerprint density at radius 2 is 1.94 bits per heavy atom. The highest BCUT2D eigenvalue weighted by Gasteiger charge is 2.17. The molecule has 0 atom stereocenters. The van der Waals surface area contributed by atoms with Crippen molar-refractivity contribution in [2.45, 2.75) is 26.8 Å². The van der Waals surface area contributed by atoms with E-state index in [0.717, 1.165) is 80.9 Å². The second kappa shape index (κ2) is 11.7. The fourth-order valence-electron chi connectivity index (χ4n) is 4.08. The van der Waals surface area contributed by atoms with Gasteiger partial charge in [0.05, 0.1) is 19.8 Å². The predicted molar refractivity (Wildman–Crippen MR) is 135 cm³/mol. The SMILES string of the molecule is Cc1cc(C)c2cc(CN(CCN3CCOCC3)C(=S)NCCCN(C)C)c(=O)[nH]c2c1. The average molecular weight is 460 g/mol. The van der Waals surface area contributed by atoms with Crippen molar-refractivity contribution in [1.82, 2.24) is 25.0 Å². The van der Waals surface area contributed by atoms with Crippen molar-refractivity contribution in [2.24, 2.45) is 0 Å². The fourth-order valence-corrected chi connectivity index (χ4v) is 4.34. The minimum Gasteiger partial charge on any atom is -0.379 e. The highest BCUT2D eigenvalue weighted by Crippen LogP contribution is 2.19. The molecule has 8 heteroatoms. The molecule has 0 aliphatic carbocycles. The number of nitrogens with zero attached hydrogens (tertiary/aromatic N) is 3. The first-order valence-corrected chi connectivity index (χ1v) is 11.8. The molecule has 32 heavy (non-hydrogen) atoms. The van der Waals surface area contributed by atoms with Gasteiger partial charge in [-0.25, -0.2) is 0 Å². The number of thiocarbonyl (C=S) groups is 1. The molecule has 0 amide bonds. The van der Waals surface area contributed by atoms with E-state index in [4.69, 9.17) is 17.0 Å². The topological polar surface area (TPSA) is 63.8 Å². The lowest BCUT2D eigenvalue weighted by molar-refractivity contribution is 0.0357. The molecule has 0 saturated carbocycles. The summed E-state index contributed by atoms with van der Waals surface area (Å²) in [5.41, 5.74) is 3.90. The zero-order valence-corrected chi connectivity index (χ0v) is 20.7. The number of rotatable bonds is 9. The van der Waals surface area contributed by atoms with Crippen molar-refractivity contribution in [1.29, 1.82) is 0 Å². The molecule has 7 nitrogen and oxygen atoms in total. The van der Waals surface area contributed by atoms with E-state index >= 15 is 0 Å². The van der Waals surface area contributed by atoms with E-state index in [0.29, 0.717) is 11.7 Å². The van der Waals surface area contributed by atoms with Gasteiger partial charge in [0.2, 0.25) is 0 Å². The number of nitrogens with one attached hydrogen (secondary N) is 2. The van der Waals surface area contributed by atoms with Gasteiger partial charge in [-0.15, -0.1) is 0 Å². The number of hydrogen-bond donors (Lipinski definition) is 2. The van der Waals surface area contributed by atoms with Crippen LogP contribution in [0, 0.1) is 13.8 Å². The number of ether oxygens (including phenoxy) is 1. The number of aromatic nitrogens is 1. The Kier molecular flexibility index (Phi) is 9.04. The maximum atomic E-state index is 12.9. The van der Waals surface area contributed by atoms with E-state index in [-0.39, 0.29) is 5.56 Å². The molecule has 1 aromatic carbocycles. The zero-order valence-electron chi connectivity index (χ0n) is 19.9. The highest BCUT2D eigenvalue weighted by atomic mass is 32.1. The quantitative estimate of drug-likeness (QED) is 0.440. The third-order valence-corrected chi connectivity index (χ3v) is 6.29. The third kappa shape index (κ3) is 7.00. The standard InChI is InChI=1S/C24H37N5O2S/c1-18-14-19(2)21-16-20(23(30)26-22(21)15-18)17-29(9-8-28-10-12-31-13-11-28)24(32)25-6-5-7-27(3)4/h14-16H,5-13,17H2,1-4H3,(H,25,32)(H,26,30). The number of aryl methyl sites for hydroxylation is 2. The molecule has 1 saturated heterocycles. The van der Waals surface area contributed by atoms with Gasteiger partial charge in [0, 0.05) is 49.2 Å². The van der Waals surface area contributed by atoms with Crippen LogP contribution < -0.4 is 10.9 Å². The number of hydrogen-bond acceptors (Lipinski definition) is 5. The van der Waals surface area contributed by atoms with E-state index < -0.39 is 0 Å². The Morgan fingerprint density at radius 1 is 1.19 bits per heavy atom. The minimum atomic E-state index is -0.0470. The summed E-state index contributed by atoms with van der Waals surface area (Å²) < 4.78 is 5.47. The number of morpholine rings is 1. The monoisotopic (exact) mass is 459 g/mol. The first-order valence-electron chi connectivity index (χ1n) is 11.4. The van der Waals surface area contributed by atoms with Crippen LogP contribution in [0.1, 0.15) is 23.1 Å². The molecule has 0 radical (unpaired) electrons. The summed E-state index contributed by atoms with van der Waals surface area (Å²) in [6.45, 7) is 11.5. The largest absolute Gasteiger partial charge is 0.379 e. The Hall–Kier alpha value is -2.00. The smallest absolute Gasteiger partial charge is 0.253 e. The van der Waals surface area contributed by atoms with Gasteiger partial charge in [0.15, 0.2) is 5.11 Å². The molecule has 1 fully saturated rings. The van der Waals surface area contributed by atoms with Crippen molar-refractivity contribution < 1.29 is 4.74 Å². The van der Waals surface area contributed by atoms with Crippen molar-refractivity contribution >= 4 is 28.2 Å². The summed E-state index contributed by atoms with van der Waals surface area (Å²) in [7, 11) is 4.14. The van der Waals surface area contributed by atoms with Crippen LogP contribution in [0.4, 0.5) is 0 Å². The molecule has 1 aliphatic heterocycles. The number of H-pyrrole nitrogens is 1. The van der Waals surface area contributed by atoms with Crippen LogP contribution in [-0.2, 0) is 11.3 Å². The molecule has 2 heterocycles. The second-order valence-electron chi connectivity index (χ2n) is 8.93. The van der Waals surface area contributed by atoms with E-state index in [2.05, 4.69) is 52.1 Å². The lowest BCUT2D eigenvalue weighted by Gasteiger charge is -2.31. The van der Waals surface area contributed by atoms with E-state index in [1.807, 2.05) is 19.1 Å². The molecular formula is C24H37N5O2S. The van der Waals surface area contributed by atoms with E-state index in [1.165, 1.54) is 5.56 Å². The van der Waals surface area contributed by atoms with Crippen LogP contribution in [0.2, 0.25) is 0 Å². The van der Waals surface area contributed by atoms with Gasteiger partial charge in [-0.2, -0.15) is 0 Å².